The molecule has 0 bridgehead atoms. The summed E-state index contributed by atoms with van der Waals surface area (Å²) in [5.41, 5.74) is 7.06. The first-order chi connectivity index (χ1) is 10.5. The highest BCUT2D eigenvalue weighted by molar-refractivity contribution is 6.29. The summed E-state index contributed by atoms with van der Waals surface area (Å²) in [6, 6.07) is 3.78. The van der Waals surface area contributed by atoms with Crippen molar-refractivity contribution in [3.05, 3.63) is 34.8 Å². The Labute approximate surface area is 133 Å². The minimum absolute atomic E-state index is 0.0795. The number of fused-ring (bicyclic) bond motifs is 1. The summed E-state index contributed by atoms with van der Waals surface area (Å²) in [5, 5.41) is 0.770. The molecule has 22 heavy (non-hydrogen) atoms. The Morgan fingerprint density at radius 1 is 1.45 bits per heavy atom. The number of ether oxygens (including phenoxy) is 1. The number of unbranched alkanes of at least 4 members (excludes halogenated alkanes) is 1. The van der Waals surface area contributed by atoms with Crippen LogP contribution in [-0.2, 0) is 16.0 Å². The van der Waals surface area contributed by atoms with Crippen molar-refractivity contribution >= 4 is 28.5 Å². The van der Waals surface area contributed by atoms with Crippen LogP contribution in [0.3, 0.4) is 0 Å². The van der Waals surface area contributed by atoms with Crippen LogP contribution in [0.1, 0.15) is 31.7 Å². The van der Waals surface area contributed by atoms with Gasteiger partial charge in [-0.25, -0.2) is 4.39 Å². The molecule has 0 saturated heterocycles. The number of hydrogen-bond acceptors (Lipinski definition) is 4. The van der Waals surface area contributed by atoms with E-state index in [0.717, 1.165) is 12.8 Å². The normalized spacial score (nSPS) is 12.5. The van der Waals surface area contributed by atoms with Gasteiger partial charge in [0.05, 0.1) is 13.0 Å². The second kappa shape index (κ2) is 7.61. The molecule has 6 heteroatoms. The number of benzene rings is 1. The molecule has 1 heterocycles. The second-order valence-electron chi connectivity index (χ2n) is 5.28. The van der Waals surface area contributed by atoms with E-state index in [1.807, 2.05) is 6.92 Å². The monoisotopic (exact) mass is 327 g/mol. The first-order valence-corrected chi connectivity index (χ1v) is 7.66. The highest BCUT2D eigenvalue weighted by atomic mass is 35.5. The predicted octanol–water partition coefficient (Wildman–Crippen LogP) is 3.83. The van der Waals surface area contributed by atoms with E-state index in [1.54, 1.807) is 6.07 Å². The predicted molar refractivity (Wildman–Crippen MR) is 83.3 cm³/mol. The molecule has 0 spiro atoms. The summed E-state index contributed by atoms with van der Waals surface area (Å²) in [5.74, 6) is -0.733. The van der Waals surface area contributed by atoms with Crippen molar-refractivity contribution in [1.82, 2.24) is 0 Å². The number of carbonyl (C=O) groups is 1. The van der Waals surface area contributed by atoms with Crippen LogP contribution in [0, 0.1) is 5.82 Å². The minimum atomic E-state index is -0.469. The molecule has 1 atom stereocenters. The average molecular weight is 328 g/mol. The van der Waals surface area contributed by atoms with Gasteiger partial charge in [0.15, 0.2) is 5.22 Å². The quantitative estimate of drug-likeness (QED) is 0.620. The lowest BCUT2D eigenvalue weighted by molar-refractivity contribution is -0.144. The van der Waals surface area contributed by atoms with Crippen molar-refractivity contribution < 1.29 is 18.3 Å². The van der Waals surface area contributed by atoms with E-state index in [2.05, 4.69) is 0 Å². The third kappa shape index (κ3) is 4.45. The maximum atomic E-state index is 13.6. The Bertz CT molecular complexity index is 656. The first-order valence-electron chi connectivity index (χ1n) is 7.28. The minimum Gasteiger partial charge on any atom is -0.466 e. The van der Waals surface area contributed by atoms with Crippen LogP contribution in [-0.4, -0.2) is 18.6 Å². The molecule has 2 aromatic rings. The number of furan rings is 1. The Kier molecular flexibility index (Phi) is 5.80. The van der Waals surface area contributed by atoms with Crippen LogP contribution in [0.15, 0.2) is 22.6 Å². The average Bonchev–Trinajstić information content (AvgIpc) is 2.79. The third-order valence-electron chi connectivity index (χ3n) is 3.30. The van der Waals surface area contributed by atoms with Gasteiger partial charge in [-0.1, -0.05) is 13.3 Å². The topological polar surface area (TPSA) is 65.5 Å². The Hall–Kier alpha value is -1.59. The van der Waals surface area contributed by atoms with Crippen LogP contribution in [0.25, 0.3) is 11.0 Å². The lowest BCUT2D eigenvalue weighted by Gasteiger charge is -2.12. The van der Waals surface area contributed by atoms with E-state index in [1.165, 1.54) is 12.1 Å². The van der Waals surface area contributed by atoms with Gasteiger partial charge in [0.1, 0.15) is 11.4 Å². The maximum Gasteiger partial charge on any atom is 0.307 e. The summed E-state index contributed by atoms with van der Waals surface area (Å²) < 4.78 is 24.0. The third-order valence-corrected chi connectivity index (χ3v) is 3.49. The Balaban J connectivity index is 2.02. The van der Waals surface area contributed by atoms with Crippen LogP contribution >= 0.6 is 11.6 Å². The molecule has 0 aliphatic carbocycles. The standard InChI is InChI=1S/C16H19ClFNO3/c1-2-3-4-21-15(20)9-13(19)7-10-5-12(18)6-11-8-14(17)22-16(10)11/h5-6,8,13H,2-4,7,9,19H2,1H3. The first kappa shape index (κ1) is 16.8. The molecular formula is C16H19ClFNO3. The number of halogens is 2. The molecule has 2 N–H and O–H groups in total. The fraction of sp³-hybridized carbons (Fsp3) is 0.438. The molecule has 1 aromatic carbocycles. The lowest BCUT2D eigenvalue weighted by atomic mass is 10.0. The van der Waals surface area contributed by atoms with Gasteiger partial charge >= 0.3 is 5.97 Å². The van der Waals surface area contributed by atoms with Gasteiger partial charge in [-0.15, -0.1) is 0 Å². The van der Waals surface area contributed by atoms with E-state index in [-0.39, 0.29) is 17.6 Å². The lowest BCUT2D eigenvalue weighted by Crippen LogP contribution is -2.27. The highest BCUT2D eigenvalue weighted by Crippen LogP contribution is 2.28. The number of nitrogens with two attached hydrogens (primary N) is 1. The number of carbonyl (C=O) groups excluding carboxylic acids is 1. The van der Waals surface area contributed by atoms with E-state index in [4.69, 9.17) is 26.5 Å². The molecule has 120 valence electrons. The highest BCUT2D eigenvalue weighted by Gasteiger charge is 2.16. The Morgan fingerprint density at radius 3 is 2.95 bits per heavy atom. The second-order valence-corrected chi connectivity index (χ2v) is 5.65. The zero-order chi connectivity index (χ0) is 16.1. The molecule has 1 aromatic heterocycles. The van der Waals surface area contributed by atoms with Gasteiger partial charge in [-0.2, -0.15) is 0 Å². The zero-order valence-corrected chi connectivity index (χ0v) is 13.2. The van der Waals surface area contributed by atoms with Crippen LogP contribution in [0.5, 0.6) is 0 Å². The van der Waals surface area contributed by atoms with Gasteiger partial charge in [0.25, 0.3) is 0 Å². The van der Waals surface area contributed by atoms with E-state index < -0.39 is 11.9 Å². The summed E-state index contributed by atoms with van der Waals surface area (Å²) in [6.07, 6.45) is 2.17. The Morgan fingerprint density at radius 2 is 2.23 bits per heavy atom. The van der Waals surface area contributed by atoms with E-state index in [0.29, 0.717) is 29.6 Å². The van der Waals surface area contributed by atoms with Crippen LogP contribution in [0.4, 0.5) is 4.39 Å². The van der Waals surface area contributed by atoms with Crippen LogP contribution in [0.2, 0.25) is 5.22 Å². The molecule has 4 nitrogen and oxygen atoms in total. The van der Waals surface area contributed by atoms with Gasteiger partial charge in [0, 0.05) is 17.5 Å². The molecule has 0 aliphatic rings. The van der Waals surface area contributed by atoms with E-state index in [9.17, 15) is 9.18 Å². The molecular weight excluding hydrogens is 309 g/mol. The number of esters is 1. The van der Waals surface area contributed by atoms with Gasteiger partial charge in [-0.05, 0) is 42.1 Å². The molecule has 0 amide bonds. The summed E-state index contributed by atoms with van der Waals surface area (Å²) in [7, 11) is 0. The summed E-state index contributed by atoms with van der Waals surface area (Å²) >= 11 is 5.80. The van der Waals surface area contributed by atoms with Crippen molar-refractivity contribution in [2.24, 2.45) is 5.73 Å². The van der Waals surface area contributed by atoms with E-state index >= 15 is 0 Å². The number of rotatable bonds is 7. The van der Waals surface area contributed by atoms with Crippen molar-refractivity contribution in [2.75, 3.05) is 6.61 Å². The van der Waals surface area contributed by atoms with Gasteiger partial charge < -0.3 is 14.9 Å². The van der Waals surface area contributed by atoms with Crippen molar-refractivity contribution in [3.63, 3.8) is 0 Å². The van der Waals surface area contributed by atoms with Crippen molar-refractivity contribution in [2.45, 2.75) is 38.6 Å². The summed E-state index contributed by atoms with van der Waals surface area (Å²) in [6.45, 7) is 2.42. The summed E-state index contributed by atoms with van der Waals surface area (Å²) in [4.78, 5) is 11.6. The molecule has 0 fully saturated rings. The van der Waals surface area contributed by atoms with Crippen molar-refractivity contribution in [1.29, 1.82) is 0 Å². The fourth-order valence-electron chi connectivity index (χ4n) is 2.26. The SMILES string of the molecule is CCCCOC(=O)CC(N)Cc1cc(F)cc2cc(Cl)oc12. The zero-order valence-electron chi connectivity index (χ0n) is 12.4. The fourth-order valence-corrected chi connectivity index (χ4v) is 2.46. The molecule has 0 aliphatic heterocycles. The smallest absolute Gasteiger partial charge is 0.307 e. The van der Waals surface area contributed by atoms with Gasteiger partial charge in [-0.3, -0.25) is 4.79 Å². The molecule has 2 rings (SSSR count). The maximum absolute atomic E-state index is 13.6. The van der Waals surface area contributed by atoms with Crippen molar-refractivity contribution in [3.8, 4) is 0 Å². The molecule has 0 radical (unpaired) electrons. The van der Waals surface area contributed by atoms with Crippen LogP contribution < -0.4 is 5.73 Å². The largest absolute Gasteiger partial charge is 0.466 e. The molecule has 1 unspecified atom stereocenters. The molecule has 0 saturated carbocycles. The number of hydrogen-bond donors (Lipinski definition) is 1. The van der Waals surface area contributed by atoms with Gasteiger partial charge in [0.2, 0.25) is 0 Å².